The van der Waals surface area contributed by atoms with Crippen molar-refractivity contribution in [2.75, 3.05) is 31.7 Å². The van der Waals surface area contributed by atoms with E-state index >= 15 is 0 Å². The molecule has 0 unspecified atom stereocenters. The number of sulfonamides is 1. The number of hydrogen-bond donors (Lipinski definition) is 1. The molecule has 0 radical (unpaired) electrons. The molecule has 4 rings (SSSR count). The van der Waals surface area contributed by atoms with Crippen LogP contribution in [0.2, 0.25) is 0 Å². The number of carbonyl (C=O) groups excluding carboxylic acids is 2. The zero-order chi connectivity index (χ0) is 35.6. The minimum atomic E-state index is -4.37. The van der Waals surface area contributed by atoms with Gasteiger partial charge in [0, 0.05) is 29.5 Å². The van der Waals surface area contributed by atoms with E-state index in [1.54, 1.807) is 24.3 Å². The maximum absolute atomic E-state index is 14.7. The zero-order valence-corrected chi connectivity index (χ0v) is 30.7. The molecule has 1 atom stereocenters. The Labute approximate surface area is 297 Å². The van der Waals surface area contributed by atoms with E-state index in [2.05, 4.69) is 21.2 Å². The highest BCUT2D eigenvalue weighted by Crippen LogP contribution is 2.33. The van der Waals surface area contributed by atoms with Crippen LogP contribution in [0, 0.1) is 0 Å². The highest BCUT2D eigenvalue weighted by molar-refractivity contribution is 9.10. The summed E-state index contributed by atoms with van der Waals surface area (Å²) in [5.74, 6) is 0.198. The van der Waals surface area contributed by atoms with Gasteiger partial charge in [-0.25, -0.2) is 8.42 Å². The van der Waals surface area contributed by atoms with Crippen molar-refractivity contribution >= 4 is 43.5 Å². The average Bonchev–Trinajstić information content (AvgIpc) is 3.09. The Morgan fingerprint density at radius 2 is 1.49 bits per heavy atom. The number of anilines is 1. The van der Waals surface area contributed by atoms with Crippen molar-refractivity contribution in [2.24, 2.45) is 0 Å². The van der Waals surface area contributed by atoms with Crippen molar-refractivity contribution in [3.05, 3.63) is 113 Å². The first-order valence-electron chi connectivity index (χ1n) is 15.8. The van der Waals surface area contributed by atoms with Crippen molar-refractivity contribution in [2.45, 2.75) is 50.7 Å². The summed E-state index contributed by atoms with van der Waals surface area (Å²) in [4.78, 5) is 29.9. The lowest BCUT2D eigenvalue weighted by molar-refractivity contribution is -0.140. The Balaban J connectivity index is 1.83. The fourth-order valence-electron chi connectivity index (χ4n) is 5.23. The summed E-state index contributed by atoms with van der Waals surface area (Å²) in [5, 5.41) is 2.96. The Bertz CT molecular complexity index is 1800. The van der Waals surface area contributed by atoms with Gasteiger partial charge in [-0.2, -0.15) is 0 Å². The van der Waals surface area contributed by atoms with Crippen LogP contribution in [0.3, 0.4) is 0 Å². The van der Waals surface area contributed by atoms with Crippen molar-refractivity contribution in [3.63, 3.8) is 0 Å². The van der Waals surface area contributed by atoms with Crippen LogP contribution in [0.5, 0.6) is 17.2 Å². The summed E-state index contributed by atoms with van der Waals surface area (Å²) in [6.07, 6.45) is 0.215. The Hall–Kier alpha value is -4.55. The van der Waals surface area contributed by atoms with Crippen molar-refractivity contribution in [3.8, 4) is 17.2 Å². The van der Waals surface area contributed by atoms with Gasteiger partial charge in [-0.3, -0.25) is 13.9 Å². The molecule has 0 heterocycles. The first-order chi connectivity index (χ1) is 23.5. The molecule has 4 aromatic carbocycles. The first-order valence-corrected chi connectivity index (χ1v) is 18.1. The predicted molar refractivity (Wildman–Crippen MR) is 194 cm³/mol. The van der Waals surface area contributed by atoms with E-state index in [-0.39, 0.29) is 41.2 Å². The topological polar surface area (TPSA) is 114 Å². The van der Waals surface area contributed by atoms with Crippen molar-refractivity contribution < 1.29 is 32.2 Å². The Morgan fingerprint density at radius 3 is 2.08 bits per heavy atom. The lowest BCUT2D eigenvalue weighted by atomic mass is 10.0. The molecule has 0 aromatic heterocycles. The molecule has 260 valence electrons. The standard InChI is InChI=1S/C37H42BrN3O7S/c1-6-48-31-18-16-30(17-19-31)41(49(44,45)32-20-21-34(46-4)35(23-32)47-5)25-36(42)40(24-28-12-14-29(38)15-13-28)33(37(43)39-26(2)3)22-27-10-8-7-9-11-27/h7-21,23,26,33H,6,22,24-25H2,1-5H3,(H,39,43)/t33-/m0/s1. The molecule has 0 aliphatic heterocycles. The molecular formula is C37H42BrN3O7S. The minimum Gasteiger partial charge on any atom is -0.494 e. The normalized spacial score (nSPS) is 11.8. The van der Waals surface area contributed by atoms with Crippen molar-refractivity contribution in [1.82, 2.24) is 10.2 Å². The van der Waals surface area contributed by atoms with Gasteiger partial charge in [0.15, 0.2) is 11.5 Å². The number of hydrogen-bond acceptors (Lipinski definition) is 7. The molecule has 0 saturated carbocycles. The lowest BCUT2D eigenvalue weighted by Gasteiger charge is -2.34. The van der Waals surface area contributed by atoms with Gasteiger partial charge in [0.05, 0.1) is 31.4 Å². The zero-order valence-electron chi connectivity index (χ0n) is 28.3. The second-order valence-corrected chi connectivity index (χ2v) is 14.3. The lowest BCUT2D eigenvalue weighted by Crippen LogP contribution is -2.54. The number of ether oxygens (including phenoxy) is 3. The highest BCUT2D eigenvalue weighted by atomic mass is 79.9. The summed E-state index contributed by atoms with van der Waals surface area (Å²) >= 11 is 3.46. The van der Waals surface area contributed by atoms with Gasteiger partial charge >= 0.3 is 0 Å². The van der Waals surface area contributed by atoms with E-state index < -0.39 is 28.5 Å². The molecule has 12 heteroatoms. The van der Waals surface area contributed by atoms with E-state index in [1.165, 1.54) is 37.3 Å². The van der Waals surface area contributed by atoms with Gasteiger partial charge in [0.2, 0.25) is 11.8 Å². The van der Waals surface area contributed by atoms with Crippen LogP contribution in [-0.4, -0.2) is 64.6 Å². The molecule has 0 bridgehead atoms. The number of benzene rings is 4. The molecule has 4 aromatic rings. The molecule has 49 heavy (non-hydrogen) atoms. The van der Waals surface area contributed by atoms with E-state index in [4.69, 9.17) is 14.2 Å². The quantitative estimate of drug-likeness (QED) is 0.145. The molecular weight excluding hydrogens is 710 g/mol. The molecule has 0 aliphatic carbocycles. The van der Waals surface area contributed by atoms with Crippen LogP contribution in [0.15, 0.2) is 106 Å². The third-order valence-corrected chi connectivity index (χ3v) is 9.92. The summed E-state index contributed by atoms with van der Waals surface area (Å²) in [6.45, 7) is 5.44. The predicted octanol–water partition coefficient (Wildman–Crippen LogP) is 6.23. The van der Waals surface area contributed by atoms with Gasteiger partial charge in [0.25, 0.3) is 10.0 Å². The second kappa shape index (κ2) is 17.2. The molecule has 2 amide bonds. The second-order valence-electron chi connectivity index (χ2n) is 11.5. The van der Waals surface area contributed by atoms with Crippen LogP contribution in [0.25, 0.3) is 0 Å². The van der Waals surface area contributed by atoms with Crippen LogP contribution in [-0.2, 0) is 32.6 Å². The summed E-state index contributed by atoms with van der Waals surface area (Å²) in [7, 11) is -1.49. The van der Waals surface area contributed by atoms with Gasteiger partial charge in [-0.05, 0) is 80.4 Å². The number of amides is 2. The largest absolute Gasteiger partial charge is 0.494 e. The summed E-state index contributed by atoms with van der Waals surface area (Å²) in [6, 6.07) is 26.4. The third-order valence-electron chi connectivity index (χ3n) is 7.63. The minimum absolute atomic E-state index is 0.0582. The number of halogens is 1. The van der Waals surface area contributed by atoms with E-state index in [1.807, 2.05) is 75.4 Å². The fourth-order valence-corrected chi connectivity index (χ4v) is 6.92. The number of rotatable bonds is 16. The van der Waals surface area contributed by atoms with Gasteiger partial charge in [0.1, 0.15) is 18.3 Å². The Kier molecular flexibility index (Phi) is 13.1. The fraction of sp³-hybridized carbons (Fsp3) is 0.297. The maximum atomic E-state index is 14.7. The molecule has 1 N–H and O–H groups in total. The van der Waals surface area contributed by atoms with E-state index in [0.29, 0.717) is 18.1 Å². The third kappa shape index (κ3) is 9.76. The smallest absolute Gasteiger partial charge is 0.264 e. The number of nitrogens with zero attached hydrogens (tertiary/aromatic N) is 2. The molecule has 10 nitrogen and oxygen atoms in total. The van der Waals surface area contributed by atoms with E-state index in [9.17, 15) is 18.0 Å². The van der Waals surface area contributed by atoms with Crippen LogP contribution >= 0.6 is 15.9 Å². The molecule has 0 saturated heterocycles. The summed E-state index contributed by atoms with van der Waals surface area (Å²) in [5.41, 5.74) is 1.85. The number of carbonyl (C=O) groups is 2. The van der Waals surface area contributed by atoms with Gasteiger partial charge in [-0.15, -0.1) is 0 Å². The molecule has 0 spiro atoms. The average molecular weight is 753 g/mol. The number of nitrogens with one attached hydrogen (secondary N) is 1. The number of methoxy groups -OCH3 is 2. The van der Waals surface area contributed by atoms with Crippen molar-refractivity contribution in [1.29, 1.82) is 0 Å². The Morgan fingerprint density at radius 1 is 0.837 bits per heavy atom. The molecule has 0 aliphatic rings. The maximum Gasteiger partial charge on any atom is 0.264 e. The van der Waals surface area contributed by atoms with Gasteiger partial charge < -0.3 is 24.4 Å². The van der Waals surface area contributed by atoms with Gasteiger partial charge in [-0.1, -0.05) is 58.4 Å². The van der Waals surface area contributed by atoms with Crippen LogP contribution in [0.1, 0.15) is 31.9 Å². The first kappa shape index (κ1) is 37.3. The van der Waals surface area contributed by atoms with Crippen LogP contribution < -0.4 is 23.8 Å². The van der Waals surface area contributed by atoms with Crippen LogP contribution in [0.4, 0.5) is 5.69 Å². The van der Waals surface area contributed by atoms with E-state index in [0.717, 1.165) is 19.9 Å². The SMILES string of the molecule is CCOc1ccc(N(CC(=O)N(Cc2ccc(Br)cc2)[C@@H](Cc2ccccc2)C(=O)NC(C)C)S(=O)(=O)c2ccc(OC)c(OC)c2)cc1. The monoisotopic (exact) mass is 751 g/mol. The molecule has 0 fully saturated rings. The highest BCUT2D eigenvalue weighted by Gasteiger charge is 2.35. The summed E-state index contributed by atoms with van der Waals surface area (Å²) < 4.78 is 47.1.